The van der Waals surface area contributed by atoms with Crippen molar-refractivity contribution in [2.75, 3.05) is 5.73 Å². The predicted octanol–water partition coefficient (Wildman–Crippen LogP) is 4.61. The first-order chi connectivity index (χ1) is 9.88. The molecule has 0 fully saturated rings. The number of rotatable bonds is 1. The van der Waals surface area contributed by atoms with Crippen molar-refractivity contribution in [2.24, 2.45) is 0 Å². The summed E-state index contributed by atoms with van der Waals surface area (Å²) in [6.45, 7) is 1.85. The molecule has 0 atom stereocenters. The van der Waals surface area contributed by atoms with E-state index in [2.05, 4.69) is 20.9 Å². The number of benzene rings is 2. The smallest absolute Gasteiger partial charge is 0.206 e. The fourth-order valence-corrected chi connectivity index (χ4v) is 2.97. The van der Waals surface area contributed by atoms with E-state index in [1.54, 1.807) is 12.1 Å². The third-order valence-electron chi connectivity index (χ3n) is 3.17. The van der Waals surface area contributed by atoms with Crippen LogP contribution in [0.25, 0.3) is 16.7 Å². The van der Waals surface area contributed by atoms with E-state index in [-0.39, 0.29) is 17.0 Å². The Morgan fingerprint density at radius 3 is 2.67 bits per heavy atom. The Hall–Kier alpha value is -1.66. The molecule has 0 aliphatic carbocycles. The van der Waals surface area contributed by atoms with Gasteiger partial charge in [-0.1, -0.05) is 11.6 Å². The summed E-state index contributed by atoms with van der Waals surface area (Å²) in [5.74, 6) is -1.41. The molecule has 0 aliphatic rings. The molecule has 1 aromatic heterocycles. The fourth-order valence-electron chi connectivity index (χ4n) is 2.18. The van der Waals surface area contributed by atoms with Gasteiger partial charge in [-0.2, -0.15) is 0 Å². The lowest BCUT2D eigenvalue weighted by Gasteiger charge is -2.11. The van der Waals surface area contributed by atoms with Gasteiger partial charge >= 0.3 is 0 Å². The van der Waals surface area contributed by atoms with Crippen molar-refractivity contribution < 1.29 is 8.78 Å². The molecule has 21 heavy (non-hydrogen) atoms. The van der Waals surface area contributed by atoms with E-state index in [9.17, 15) is 8.78 Å². The molecule has 0 aliphatic heterocycles. The lowest BCUT2D eigenvalue weighted by atomic mass is 10.2. The van der Waals surface area contributed by atoms with Gasteiger partial charge in [0.2, 0.25) is 5.95 Å². The number of halogens is 4. The van der Waals surface area contributed by atoms with Crippen molar-refractivity contribution in [2.45, 2.75) is 6.92 Å². The average Bonchev–Trinajstić information content (AvgIpc) is 2.71. The summed E-state index contributed by atoms with van der Waals surface area (Å²) in [5.41, 5.74) is 7.55. The van der Waals surface area contributed by atoms with Crippen LogP contribution < -0.4 is 5.73 Å². The quantitative estimate of drug-likeness (QED) is 0.678. The maximum absolute atomic E-state index is 13.8. The molecule has 0 spiro atoms. The number of hydrogen-bond donors (Lipinski definition) is 1. The first-order valence-electron chi connectivity index (χ1n) is 5.97. The highest BCUT2D eigenvalue weighted by atomic mass is 79.9. The lowest BCUT2D eigenvalue weighted by molar-refractivity contribution is 0.590. The van der Waals surface area contributed by atoms with E-state index in [4.69, 9.17) is 17.3 Å². The van der Waals surface area contributed by atoms with Crippen LogP contribution in [0.5, 0.6) is 0 Å². The summed E-state index contributed by atoms with van der Waals surface area (Å²) in [6, 6.07) is 5.43. The van der Waals surface area contributed by atoms with Gasteiger partial charge in [0, 0.05) is 21.6 Å². The van der Waals surface area contributed by atoms with Crippen molar-refractivity contribution in [3.63, 3.8) is 0 Å². The van der Waals surface area contributed by atoms with Gasteiger partial charge in [-0.15, -0.1) is 0 Å². The zero-order valence-electron chi connectivity index (χ0n) is 10.8. The van der Waals surface area contributed by atoms with E-state index in [0.29, 0.717) is 15.2 Å². The number of imidazole rings is 1. The SMILES string of the molecule is Cc1cc(Br)c(-n2c(N)nc3c(F)cc(F)cc32)cc1Cl. The van der Waals surface area contributed by atoms with Crippen LogP contribution in [0.3, 0.4) is 0 Å². The summed E-state index contributed by atoms with van der Waals surface area (Å²) >= 11 is 9.53. The van der Waals surface area contributed by atoms with Crippen LogP contribution in [-0.2, 0) is 0 Å². The average molecular weight is 373 g/mol. The van der Waals surface area contributed by atoms with E-state index < -0.39 is 11.6 Å². The predicted molar refractivity (Wildman–Crippen MR) is 82.8 cm³/mol. The van der Waals surface area contributed by atoms with Crippen molar-refractivity contribution in [1.82, 2.24) is 9.55 Å². The molecule has 0 radical (unpaired) electrons. The Morgan fingerprint density at radius 1 is 1.24 bits per heavy atom. The van der Waals surface area contributed by atoms with Crippen molar-refractivity contribution in [1.29, 1.82) is 0 Å². The number of nitrogens with two attached hydrogens (primary N) is 1. The largest absolute Gasteiger partial charge is 0.369 e. The molecule has 3 nitrogen and oxygen atoms in total. The van der Waals surface area contributed by atoms with Gasteiger partial charge in [0.15, 0.2) is 5.82 Å². The van der Waals surface area contributed by atoms with Crippen LogP contribution in [0.1, 0.15) is 5.56 Å². The number of aryl methyl sites for hydroxylation is 1. The molecular formula is C14H9BrClF2N3. The third kappa shape index (κ3) is 2.28. The summed E-state index contributed by atoms with van der Waals surface area (Å²) in [5, 5.41) is 0.520. The van der Waals surface area contributed by atoms with Gasteiger partial charge in [-0.3, -0.25) is 4.57 Å². The minimum absolute atomic E-state index is 0.0116. The number of nitrogen functional groups attached to an aromatic ring is 1. The highest BCUT2D eigenvalue weighted by Gasteiger charge is 2.17. The van der Waals surface area contributed by atoms with Gasteiger partial charge in [0.1, 0.15) is 11.3 Å². The van der Waals surface area contributed by atoms with Crippen LogP contribution in [0.4, 0.5) is 14.7 Å². The van der Waals surface area contributed by atoms with Gasteiger partial charge in [0.05, 0.1) is 11.2 Å². The first kappa shape index (κ1) is 14.3. The number of aromatic nitrogens is 2. The van der Waals surface area contributed by atoms with Gasteiger partial charge < -0.3 is 5.73 Å². The van der Waals surface area contributed by atoms with Crippen LogP contribution in [0.15, 0.2) is 28.7 Å². The Labute approximate surface area is 132 Å². The van der Waals surface area contributed by atoms with E-state index in [1.165, 1.54) is 10.6 Å². The van der Waals surface area contributed by atoms with Crippen LogP contribution in [0.2, 0.25) is 5.02 Å². The molecule has 1 heterocycles. The molecule has 0 unspecified atom stereocenters. The van der Waals surface area contributed by atoms with Crippen molar-refractivity contribution >= 4 is 44.5 Å². The molecule has 0 amide bonds. The van der Waals surface area contributed by atoms with E-state index in [1.807, 2.05) is 6.92 Å². The molecule has 2 N–H and O–H groups in total. The lowest BCUT2D eigenvalue weighted by Crippen LogP contribution is -2.02. The number of nitrogens with zero attached hydrogens (tertiary/aromatic N) is 2. The fraction of sp³-hybridized carbons (Fsp3) is 0.0714. The van der Waals surface area contributed by atoms with Crippen molar-refractivity contribution in [3.05, 3.63) is 51.0 Å². The number of fused-ring (bicyclic) bond motifs is 1. The normalized spacial score (nSPS) is 11.3. The summed E-state index contributed by atoms with van der Waals surface area (Å²) in [6.07, 6.45) is 0. The Balaban J connectivity index is 2.40. The Morgan fingerprint density at radius 2 is 1.95 bits per heavy atom. The van der Waals surface area contributed by atoms with Gasteiger partial charge in [-0.05, 0) is 40.5 Å². The summed E-state index contributed by atoms with van der Waals surface area (Å²) < 4.78 is 29.4. The minimum atomic E-state index is -0.759. The summed E-state index contributed by atoms with van der Waals surface area (Å²) in [4.78, 5) is 3.96. The number of anilines is 1. The maximum Gasteiger partial charge on any atom is 0.206 e. The topological polar surface area (TPSA) is 43.8 Å². The second kappa shape index (κ2) is 4.96. The highest BCUT2D eigenvalue weighted by Crippen LogP contribution is 2.33. The summed E-state index contributed by atoms with van der Waals surface area (Å²) in [7, 11) is 0. The Bertz CT molecular complexity index is 877. The van der Waals surface area contributed by atoms with Crippen LogP contribution in [0, 0.1) is 18.6 Å². The minimum Gasteiger partial charge on any atom is -0.369 e. The van der Waals surface area contributed by atoms with Crippen LogP contribution >= 0.6 is 27.5 Å². The first-order valence-corrected chi connectivity index (χ1v) is 7.14. The van der Waals surface area contributed by atoms with Gasteiger partial charge in [0.25, 0.3) is 0 Å². The third-order valence-corrected chi connectivity index (χ3v) is 4.22. The molecule has 7 heteroatoms. The monoisotopic (exact) mass is 371 g/mol. The molecular weight excluding hydrogens is 364 g/mol. The zero-order chi connectivity index (χ0) is 15.3. The molecule has 0 saturated heterocycles. The Kier molecular flexibility index (Phi) is 3.37. The molecule has 0 saturated carbocycles. The van der Waals surface area contributed by atoms with E-state index in [0.717, 1.165) is 11.6 Å². The highest BCUT2D eigenvalue weighted by molar-refractivity contribution is 9.10. The molecule has 2 aromatic carbocycles. The van der Waals surface area contributed by atoms with Crippen LogP contribution in [-0.4, -0.2) is 9.55 Å². The van der Waals surface area contributed by atoms with Gasteiger partial charge in [-0.25, -0.2) is 13.8 Å². The molecule has 3 aromatic rings. The maximum atomic E-state index is 13.8. The zero-order valence-corrected chi connectivity index (χ0v) is 13.1. The molecule has 3 rings (SSSR count). The second-order valence-electron chi connectivity index (χ2n) is 4.61. The molecule has 108 valence electrons. The van der Waals surface area contributed by atoms with Crippen molar-refractivity contribution in [3.8, 4) is 5.69 Å². The number of hydrogen-bond acceptors (Lipinski definition) is 2. The standard InChI is InChI=1S/C14H9BrClF2N3/c1-6-2-8(15)11(5-9(6)16)21-12-4-7(17)3-10(18)13(12)20-14(21)19/h2-5H,1H3,(H2,19,20). The molecule has 0 bridgehead atoms. The second-order valence-corrected chi connectivity index (χ2v) is 5.88. The van der Waals surface area contributed by atoms with E-state index >= 15 is 0 Å².